The molecule has 0 spiro atoms. The highest BCUT2D eigenvalue weighted by atomic mass is 19.2. The van der Waals surface area contributed by atoms with Gasteiger partial charge in [-0.3, -0.25) is 4.79 Å². The molecule has 0 aliphatic carbocycles. The van der Waals surface area contributed by atoms with Crippen LogP contribution in [0.4, 0.5) is 13.2 Å². The predicted molar refractivity (Wildman–Crippen MR) is 67.3 cm³/mol. The average molecular weight is 281 g/mol. The molecule has 0 radical (unpaired) electrons. The van der Waals surface area contributed by atoms with E-state index in [0.29, 0.717) is 6.42 Å². The van der Waals surface area contributed by atoms with Gasteiger partial charge in [-0.1, -0.05) is 12.2 Å². The lowest BCUT2D eigenvalue weighted by Crippen LogP contribution is -2.46. The number of hydrogen-bond acceptors (Lipinski definition) is 1. The largest absolute Gasteiger partial charge is 0.329 e. The summed E-state index contributed by atoms with van der Waals surface area (Å²) in [6.07, 6.45) is 6.61. The Balaban J connectivity index is 2.02. The smallest absolute Gasteiger partial charge is 0.223 e. The van der Waals surface area contributed by atoms with Gasteiger partial charge in [0.05, 0.1) is 6.04 Å². The fourth-order valence-electron chi connectivity index (χ4n) is 3.05. The van der Waals surface area contributed by atoms with Crippen molar-refractivity contribution in [2.75, 3.05) is 0 Å². The van der Waals surface area contributed by atoms with Gasteiger partial charge < -0.3 is 4.90 Å². The van der Waals surface area contributed by atoms with Crippen molar-refractivity contribution in [2.24, 2.45) is 0 Å². The topological polar surface area (TPSA) is 20.3 Å². The zero-order valence-electron chi connectivity index (χ0n) is 10.8. The van der Waals surface area contributed by atoms with Crippen molar-refractivity contribution in [3.63, 3.8) is 0 Å². The Bertz CT molecular complexity index is 561. The van der Waals surface area contributed by atoms with Crippen molar-refractivity contribution < 1.29 is 18.0 Å². The van der Waals surface area contributed by atoms with E-state index in [2.05, 4.69) is 0 Å². The standard InChI is InChI=1S/C15H14F3NO/c16-11-7-9(8-12(17)15(11)18)13-5-1-3-10-4-2-6-14(20)19(10)13/h1,5,7-8,10,13H,2-4,6H2. The lowest BCUT2D eigenvalue weighted by atomic mass is 9.90. The Kier molecular flexibility index (Phi) is 3.28. The van der Waals surface area contributed by atoms with Crippen LogP contribution in [0.2, 0.25) is 0 Å². The second-order valence-corrected chi connectivity index (χ2v) is 5.25. The number of carbonyl (C=O) groups excluding carboxylic acids is 1. The number of fused-ring (bicyclic) bond motifs is 1. The maximum atomic E-state index is 13.4. The molecule has 2 heterocycles. The highest BCUT2D eigenvalue weighted by Gasteiger charge is 2.35. The van der Waals surface area contributed by atoms with Gasteiger partial charge in [0.2, 0.25) is 5.91 Å². The number of rotatable bonds is 1. The van der Waals surface area contributed by atoms with Crippen molar-refractivity contribution in [3.8, 4) is 0 Å². The normalized spacial score (nSPS) is 25.8. The molecule has 5 heteroatoms. The minimum Gasteiger partial charge on any atom is -0.329 e. The minimum absolute atomic E-state index is 0.0132. The van der Waals surface area contributed by atoms with E-state index in [9.17, 15) is 18.0 Å². The van der Waals surface area contributed by atoms with Gasteiger partial charge in [0, 0.05) is 12.5 Å². The SMILES string of the molecule is O=C1CCCC2CC=CC(c3cc(F)c(F)c(F)c3)N12. The van der Waals surface area contributed by atoms with Crippen LogP contribution in [0.3, 0.4) is 0 Å². The predicted octanol–water partition coefficient (Wildman–Crippen LogP) is 3.49. The molecule has 1 aromatic carbocycles. The number of piperidine rings is 1. The zero-order chi connectivity index (χ0) is 14.3. The van der Waals surface area contributed by atoms with Gasteiger partial charge >= 0.3 is 0 Å². The Morgan fingerprint density at radius 2 is 1.85 bits per heavy atom. The number of nitrogens with zero attached hydrogens (tertiary/aromatic N) is 1. The lowest BCUT2D eigenvalue weighted by Gasteiger charge is -2.42. The molecule has 0 saturated carbocycles. The Labute approximate surface area is 114 Å². The Morgan fingerprint density at radius 3 is 2.55 bits per heavy atom. The van der Waals surface area contributed by atoms with Gasteiger partial charge in [-0.2, -0.15) is 0 Å². The van der Waals surface area contributed by atoms with Crippen LogP contribution >= 0.6 is 0 Å². The molecule has 3 rings (SSSR count). The highest BCUT2D eigenvalue weighted by molar-refractivity contribution is 5.78. The van der Waals surface area contributed by atoms with Crippen LogP contribution in [0.1, 0.15) is 37.3 Å². The Morgan fingerprint density at radius 1 is 1.15 bits per heavy atom. The zero-order valence-corrected chi connectivity index (χ0v) is 10.8. The van der Waals surface area contributed by atoms with E-state index in [1.54, 1.807) is 11.0 Å². The molecule has 106 valence electrons. The van der Waals surface area contributed by atoms with Gasteiger partial charge in [-0.05, 0) is 37.0 Å². The minimum atomic E-state index is -1.48. The molecule has 2 atom stereocenters. The summed E-state index contributed by atoms with van der Waals surface area (Å²) >= 11 is 0. The molecule has 1 fully saturated rings. The van der Waals surface area contributed by atoms with E-state index in [-0.39, 0.29) is 17.5 Å². The molecule has 2 nitrogen and oxygen atoms in total. The second-order valence-electron chi connectivity index (χ2n) is 5.25. The number of hydrogen-bond donors (Lipinski definition) is 0. The van der Waals surface area contributed by atoms with E-state index in [0.717, 1.165) is 31.4 Å². The first-order valence-corrected chi connectivity index (χ1v) is 6.70. The van der Waals surface area contributed by atoms with E-state index in [1.165, 1.54) is 0 Å². The summed E-state index contributed by atoms with van der Waals surface area (Å²) in [6.45, 7) is 0. The van der Waals surface area contributed by atoms with E-state index >= 15 is 0 Å². The van der Waals surface area contributed by atoms with Gasteiger partial charge in [0.1, 0.15) is 0 Å². The summed E-state index contributed by atoms with van der Waals surface area (Å²) in [6, 6.07) is 1.50. The quantitative estimate of drug-likeness (QED) is 0.570. The number of carbonyl (C=O) groups is 1. The summed E-state index contributed by atoms with van der Waals surface area (Å²) in [7, 11) is 0. The molecular formula is C15H14F3NO. The van der Waals surface area contributed by atoms with Crippen LogP contribution in [0, 0.1) is 17.5 Å². The Hall–Kier alpha value is -1.78. The molecule has 1 aromatic rings. The first-order chi connectivity index (χ1) is 9.58. The van der Waals surface area contributed by atoms with Crippen LogP contribution in [-0.4, -0.2) is 16.8 Å². The van der Waals surface area contributed by atoms with Crippen molar-refractivity contribution >= 4 is 5.91 Å². The maximum absolute atomic E-state index is 13.4. The molecule has 2 aliphatic rings. The number of halogens is 3. The molecule has 0 bridgehead atoms. The lowest BCUT2D eigenvalue weighted by molar-refractivity contribution is -0.138. The third-order valence-corrected chi connectivity index (χ3v) is 3.98. The molecule has 1 amide bonds. The van der Waals surface area contributed by atoms with E-state index < -0.39 is 23.5 Å². The maximum Gasteiger partial charge on any atom is 0.223 e. The third kappa shape index (κ3) is 2.11. The van der Waals surface area contributed by atoms with Gasteiger partial charge in [-0.15, -0.1) is 0 Å². The van der Waals surface area contributed by atoms with Crippen LogP contribution in [-0.2, 0) is 4.79 Å². The summed E-state index contributed by atoms with van der Waals surface area (Å²) in [5.41, 5.74) is 0.276. The molecule has 2 aliphatic heterocycles. The van der Waals surface area contributed by atoms with Crippen molar-refractivity contribution in [3.05, 3.63) is 47.3 Å². The fourth-order valence-corrected chi connectivity index (χ4v) is 3.05. The summed E-state index contributed by atoms with van der Waals surface area (Å²) in [5.74, 6) is -3.93. The van der Waals surface area contributed by atoms with Crippen molar-refractivity contribution in [1.82, 2.24) is 4.90 Å². The third-order valence-electron chi connectivity index (χ3n) is 3.98. The molecule has 20 heavy (non-hydrogen) atoms. The molecule has 2 unspecified atom stereocenters. The van der Waals surface area contributed by atoms with Crippen LogP contribution < -0.4 is 0 Å². The van der Waals surface area contributed by atoms with Crippen LogP contribution in [0.5, 0.6) is 0 Å². The molecule has 0 aromatic heterocycles. The summed E-state index contributed by atoms with van der Waals surface area (Å²) in [5, 5.41) is 0. The van der Waals surface area contributed by atoms with E-state index in [1.807, 2.05) is 6.08 Å². The highest BCUT2D eigenvalue weighted by Crippen LogP contribution is 2.36. The van der Waals surface area contributed by atoms with Gasteiger partial charge in [0.15, 0.2) is 17.5 Å². The fraction of sp³-hybridized carbons (Fsp3) is 0.400. The van der Waals surface area contributed by atoms with E-state index in [4.69, 9.17) is 0 Å². The van der Waals surface area contributed by atoms with Crippen molar-refractivity contribution in [1.29, 1.82) is 0 Å². The van der Waals surface area contributed by atoms with Crippen LogP contribution in [0.15, 0.2) is 24.3 Å². The van der Waals surface area contributed by atoms with Gasteiger partial charge in [-0.25, -0.2) is 13.2 Å². The summed E-state index contributed by atoms with van der Waals surface area (Å²) < 4.78 is 39.8. The molecular weight excluding hydrogens is 267 g/mol. The molecule has 1 saturated heterocycles. The average Bonchev–Trinajstić information content (AvgIpc) is 2.44. The first-order valence-electron chi connectivity index (χ1n) is 6.70. The monoisotopic (exact) mass is 281 g/mol. The number of benzene rings is 1. The van der Waals surface area contributed by atoms with Crippen LogP contribution in [0.25, 0.3) is 0 Å². The number of amides is 1. The first kappa shape index (κ1) is 13.2. The second kappa shape index (κ2) is 4.96. The molecule has 0 N–H and O–H groups in total. The van der Waals surface area contributed by atoms with Gasteiger partial charge in [0.25, 0.3) is 0 Å². The van der Waals surface area contributed by atoms with Crippen molar-refractivity contribution in [2.45, 2.75) is 37.8 Å². The summed E-state index contributed by atoms with van der Waals surface area (Å²) in [4.78, 5) is 13.8.